The molecule has 5 rings (SSSR count). The van der Waals surface area contributed by atoms with Crippen LogP contribution in [-0.4, -0.2) is 43.0 Å². The number of piperidine rings is 1. The van der Waals surface area contributed by atoms with Gasteiger partial charge in [0.05, 0.1) is 5.69 Å². The molecule has 0 aromatic heterocycles. The topological polar surface area (TPSA) is 67.9 Å². The van der Waals surface area contributed by atoms with Crippen molar-refractivity contribution in [3.8, 4) is 11.5 Å². The maximum atomic E-state index is 13.2. The lowest BCUT2D eigenvalue weighted by Gasteiger charge is -2.31. The number of nitrogens with zero attached hydrogens (tertiary/aromatic N) is 1. The molecule has 0 spiro atoms. The number of carbonyl (C=O) groups is 2. The molecule has 3 aromatic carbocycles. The van der Waals surface area contributed by atoms with Crippen LogP contribution in [0.4, 0.5) is 10.1 Å². The molecular weight excluding hydrogens is 467 g/mol. The summed E-state index contributed by atoms with van der Waals surface area (Å²) in [6.07, 6.45) is 1.12. The van der Waals surface area contributed by atoms with Gasteiger partial charge in [-0.25, -0.2) is 4.39 Å². The number of anilines is 1. The van der Waals surface area contributed by atoms with Crippen molar-refractivity contribution in [2.45, 2.75) is 22.6 Å². The highest BCUT2D eigenvalue weighted by atomic mass is 32.2. The predicted molar refractivity (Wildman–Crippen MR) is 132 cm³/mol. The third-order valence-corrected chi connectivity index (χ3v) is 7.18. The number of benzene rings is 3. The van der Waals surface area contributed by atoms with Crippen LogP contribution in [0.3, 0.4) is 0 Å². The van der Waals surface area contributed by atoms with Crippen LogP contribution in [0.25, 0.3) is 0 Å². The Kier molecular flexibility index (Phi) is 6.90. The molecule has 8 heteroatoms. The number of ether oxygens (including phenoxy) is 2. The van der Waals surface area contributed by atoms with Gasteiger partial charge in [0.15, 0.2) is 11.5 Å². The average molecular weight is 493 g/mol. The van der Waals surface area contributed by atoms with E-state index in [4.69, 9.17) is 9.47 Å². The molecule has 2 heterocycles. The second-order valence-electron chi connectivity index (χ2n) is 8.47. The first-order chi connectivity index (χ1) is 17.1. The Labute approximate surface area is 207 Å². The normalized spacial score (nSPS) is 15.5. The lowest BCUT2D eigenvalue weighted by atomic mass is 9.95. The van der Waals surface area contributed by atoms with Gasteiger partial charge in [-0.3, -0.25) is 9.59 Å². The zero-order valence-electron chi connectivity index (χ0n) is 19.0. The molecule has 1 fully saturated rings. The molecule has 0 aliphatic carbocycles. The number of hydrogen-bond donors (Lipinski definition) is 1. The van der Waals surface area contributed by atoms with Crippen LogP contribution in [-0.2, 0) is 4.79 Å². The smallest absolute Gasteiger partial charge is 0.253 e. The minimum atomic E-state index is -0.374. The van der Waals surface area contributed by atoms with E-state index in [1.54, 1.807) is 16.7 Å². The van der Waals surface area contributed by atoms with Crippen molar-refractivity contribution in [2.75, 3.05) is 31.6 Å². The molecule has 2 amide bonds. The second-order valence-corrected chi connectivity index (χ2v) is 9.59. The Hall–Kier alpha value is -3.52. The summed E-state index contributed by atoms with van der Waals surface area (Å²) in [5.74, 6) is 0.475. The van der Waals surface area contributed by atoms with E-state index in [0.717, 1.165) is 9.79 Å². The average Bonchev–Trinajstić information content (AvgIpc) is 2.90. The minimum Gasteiger partial charge on any atom is -0.486 e. The third-order valence-electron chi connectivity index (χ3n) is 6.12. The van der Waals surface area contributed by atoms with Crippen molar-refractivity contribution < 1.29 is 23.5 Å². The Bertz CT molecular complexity index is 1210. The third kappa shape index (κ3) is 5.43. The number of fused-ring (bicyclic) bond motifs is 1. The molecule has 6 nitrogen and oxygen atoms in total. The maximum Gasteiger partial charge on any atom is 0.253 e. The van der Waals surface area contributed by atoms with Gasteiger partial charge in [-0.2, -0.15) is 0 Å². The molecular formula is C27H25FN2O4S. The van der Waals surface area contributed by atoms with Crippen molar-refractivity contribution in [1.82, 2.24) is 4.90 Å². The molecule has 2 aliphatic heterocycles. The fourth-order valence-electron chi connectivity index (χ4n) is 4.22. The van der Waals surface area contributed by atoms with Crippen molar-refractivity contribution in [2.24, 2.45) is 5.92 Å². The highest BCUT2D eigenvalue weighted by Gasteiger charge is 2.29. The van der Waals surface area contributed by atoms with Crippen molar-refractivity contribution in [1.29, 1.82) is 0 Å². The van der Waals surface area contributed by atoms with E-state index in [1.165, 1.54) is 24.3 Å². The number of nitrogens with one attached hydrogen (secondary N) is 1. The second kappa shape index (κ2) is 10.4. The fraction of sp³-hybridized carbons (Fsp3) is 0.259. The standard InChI is InChI=1S/C27H25FN2O4S/c28-20-8-6-19(7-9-20)27(32)30-12-10-18(11-13-30)26(31)29-22-16-23-24(34-15-14-33-23)17-25(22)35-21-4-2-1-3-5-21/h1-9,16-18H,10-15H2,(H,29,31). The molecule has 0 saturated carbocycles. The number of likely N-dealkylation sites (tertiary alicyclic amines) is 1. The predicted octanol–water partition coefficient (Wildman–Crippen LogP) is 5.24. The van der Waals surface area contributed by atoms with E-state index in [9.17, 15) is 14.0 Å². The van der Waals surface area contributed by atoms with Crippen LogP contribution >= 0.6 is 11.8 Å². The van der Waals surface area contributed by atoms with E-state index in [1.807, 2.05) is 42.5 Å². The lowest BCUT2D eigenvalue weighted by Crippen LogP contribution is -2.41. The summed E-state index contributed by atoms with van der Waals surface area (Å²) in [5, 5.41) is 3.09. The zero-order valence-corrected chi connectivity index (χ0v) is 19.9. The molecule has 0 atom stereocenters. The van der Waals surface area contributed by atoms with Crippen molar-refractivity contribution >= 4 is 29.3 Å². The van der Waals surface area contributed by atoms with Gasteiger partial charge >= 0.3 is 0 Å². The van der Waals surface area contributed by atoms with E-state index in [2.05, 4.69) is 5.32 Å². The monoisotopic (exact) mass is 492 g/mol. The number of carbonyl (C=O) groups excluding carboxylic acids is 2. The summed E-state index contributed by atoms with van der Waals surface area (Å²) in [4.78, 5) is 29.5. The van der Waals surface area contributed by atoms with Gasteiger partial charge in [0.2, 0.25) is 5.91 Å². The van der Waals surface area contributed by atoms with E-state index < -0.39 is 0 Å². The van der Waals surface area contributed by atoms with Gasteiger partial charge in [0.1, 0.15) is 19.0 Å². The van der Waals surface area contributed by atoms with E-state index in [-0.39, 0.29) is 23.5 Å². The Balaban J connectivity index is 1.27. The number of halogens is 1. The molecule has 3 aromatic rings. The number of amides is 2. The number of hydrogen-bond acceptors (Lipinski definition) is 5. The highest BCUT2D eigenvalue weighted by molar-refractivity contribution is 7.99. The molecule has 0 bridgehead atoms. The molecule has 0 radical (unpaired) electrons. The summed E-state index contributed by atoms with van der Waals surface area (Å²) >= 11 is 1.55. The van der Waals surface area contributed by atoms with E-state index >= 15 is 0 Å². The maximum absolute atomic E-state index is 13.2. The van der Waals surface area contributed by atoms with E-state index in [0.29, 0.717) is 61.9 Å². The molecule has 180 valence electrons. The van der Waals surface area contributed by atoms with Gasteiger partial charge in [0, 0.05) is 46.5 Å². The van der Waals surface area contributed by atoms with Crippen LogP contribution in [0.15, 0.2) is 76.5 Å². The summed E-state index contributed by atoms with van der Waals surface area (Å²) in [7, 11) is 0. The van der Waals surface area contributed by atoms with Crippen LogP contribution in [0.1, 0.15) is 23.2 Å². The molecule has 1 N–H and O–H groups in total. The zero-order chi connectivity index (χ0) is 24.2. The summed E-state index contributed by atoms with van der Waals surface area (Å²) in [6, 6.07) is 19.2. The van der Waals surface area contributed by atoms with Crippen LogP contribution in [0.5, 0.6) is 11.5 Å². The Morgan fingerprint density at radius 2 is 1.57 bits per heavy atom. The molecule has 35 heavy (non-hydrogen) atoms. The molecule has 1 saturated heterocycles. The first kappa shape index (κ1) is 23.2. The summed E-state index contributed by atoms with van der Waals surface area (Å²) in [6.45, 7) is 1.90. The molecule has 2 aliphatic rings. The van der Waals surface area contributed by atoms with Crippen molar-refractivity contribution in [3.05, 3.63) is 78.1 Å². The first-order valence-electron chi connectivity index (χ1n) is 11.6. The quantitative estimate of drug-likeness (QED) is 0.528. The first-order valence-corrected chi connectivity index (χ1v) is 12.4. The van der Waals surface area contributed by atoms with Gasteiger partial charge in [-0.1, -0.05) is 30.0 Å². The van der Waals surface area contributed by atoms with Gasteiger partial charge < -0.3 is 19.7 Å². The Morgan fingerprint density at radius 3 is 2.26 bits per heavy atom. The van der Waals surface area contributed by atoms with Crippen molar-refractivity contribution in [3.63, 3.8) is 0 Å². The highest BCUT2D eigenvalue weighted by Crippen LogP contribution is 2.42. The lowest BCUT2D eigenvalue weighted by molar-refractivity contribution is -0.121. The largest absolute Gasteiger partial charge is 0.486 e. The van der Waals surface area contributed by atoms with Gasteiger partial charge in [-0.05, 0) is 49.2 Å². The SMILES string of the molecule is O=C(Nc1cc2c(cc1Sc1ccccc1)OCCO2)C1CCN(C(=O)c2ccc(F)cc2)CC1. The van der Waals surface area contributed by atoms with Crippen LogP contribution in [0, 0.1) is 11.7 Å². The van der Waals surface area contributed by atoms with Gasteiger partial charge in [-0.15, -0.1) is 0 Å². The Morgan fingerprint density at radius 1 is 0.914 bits per heavy atom. The minimum absolute atomic E-state index is 0.0783. The van der Waals surface area contributed by atoms with Crippen LogP contribution in [0.2, 0.25) is 0 Å². The molecule has 0 unspecified atom stereocenters. The van der Waals surface area contributed by atoms with Gasteiger partial charge in [0.25, 0.3) is 5.91 Å². The number of rotatable bonds is 5. The summed E-state index contributed by atoms with van der Waals surface area (Å²) < 4.78 is 24.6. The fourth-order valence-corrected chi connectivity index (χ4v) is 5.16. The summed E-state index contributed by atoms with van der Waals surface area (Å²) in [5.41, 5.74) is 1.13. The van der Waals surface area contributed by atoms with Crippen LogP contribution < -0.4 is 14.8 Å².